The van der Waals surface area contributed by atoms with Crippen molar-refractivity contribution in [2.75, 3.05) is 13.7 Å². The van der Waals surface area contributed by atoms with Crippen molar-refractivity contribution >= 4 is 46.3 Å². The van der Waals surface area contributed by atoms with Crippen molar-refractivity contribution in [3.05, 3.63) is 64.1 Å². The summed E-state index contributed by atoms with van der Waals surface area (Å²) in [7, 11) is 1.59. The van der Waals surface area contributed by atoms with Crippen molar-refractivity contribution in [1.82, 2.24) is 4.90 Å². The lowest BCUT2D eigenvalue weighted by molar-refractivity contribution is -0.137. The Morgan fingerprint density at radius 2 is 1.97 bits per heavy atom. The average molecular weight is 486 g/mol. The number of benzene rings is 2. The van der Waals surface area contributed by atoms with Gasteiger partial charge in [0, 0.05) is 13.0 Å². The van der Waals surface area contributed by atoms with E-state index in [1.54, 1.807) is 18.1 Å². The molecule has 33 heavy (non-hydrogen) atoms. The highest BCUT2D eigenvalue weighted by atomic mass is 32.2. The standard InChI is InChI=1S/C25H27NO5S2/c1-17-7-6-8-19(13-17)16-31-20-11-10-18(14-21(20)30-2)15-22-24(29)26(25(32)33-22)12-5-3-4-9-23(27)28/h6-8,10-11,13-15H,3-5,9,12,16H2,1-2H3,(H,27,28)/b22-15+. The van der Waals surface area contributed by atoms with Crippen LogP contribution in [0.1, 0.15) is 42.4 Å². The molecule has 0 spiro atoms. The van der Waals surface area contributed by atoms with Gasteiger partial charge >= 0.3 is 5.97 Å². The molecule has 2 aromatic carbocycles. The number of hydrogen-bond acceptors (Lipinski definition) is 6. The van der Waals surface area contributed by atoms with Gasteiger partial charge in [0.15, 0.2) is 11.5 Å². The number of methoxy groups -OCH3 is 1. The SMILES string of the molecule is COc1cc(/C=C2/SC(=S)N(CCCCCC(=O)O)C2=O)ccc1OCc1cccc(C)c1. The minimum Gasteiger partial charge on any atom is -0.493 e. The molecular weight excluding hydrogens is 458 g/mol. The van der Waals surface area contributed by atoms with Crippen molar-refractivity contribution in [3.63, 3.8) is 0 Å². The van der Waals surface area contributed by atoms with Crippen molar-refractivity contribution in [2.24, 2.45) is 0 Å². The molecule has 1 aliphatic rings. The lowest BCUT2D eigenvalue weighted by atomic mass is 10.1. The maximum absolute atomic E-state index is 12.8. The molecule has 3 rings (SSSR count). The van der Waals surface area contributed by atoms with Crippen LogP contribution in [0.15, 0.2) is 47.4 Å². The highest BCUT2D eigenvalue weighted by molar-refractivity contribution is 8.26. The van der Waals surface area contributed by atoms with Gasteiger partial charge in [-0.15, -0.1) is 0 Å². The number of nitrogens with zero attached hydrogens (tertiary/aromatic N) is 1. The van der Waals surface area contributed by atoms with Crippen LogP contribution in [0, 0.1) is 6.92 Å². The Balaban J connectivity index is 1.63. The van der Waals surface area contributed by atoms with Crippen molar-refractivity contribution in [3.8, 4) is 11.5 Å². The Morgan fingerprint density at radius 3 is 2.70 bits per heavy atom. The number of carbonyl (C=O) groups excluding carboxylic acids is 1. The molecule has 1 aliphatic heterocycles. The molecule has 174 valence electrons. The van der Waals surface area contributed by atoms with Crippen LogP contribution in [0.3, 0.4) is 0 Å². The van der Waals surface area contributed by atoms with E-state index in [2.05, 4.69) is 6.07 Å². The number of hydrogen-bond donors (Lipinski definition) is 1. The average Bonchev–Trinajstić information content (AvgIpc) is 3.05. The Morgan fingerprint density at radius 1 is 1.15 bits per heavy atom. The summed E-state index contributed by atoms with van der Waals surface area (Å²) in [6.07, 6.45) is 4.00. The number of unbranched alkanes of at least 4 members (excludes halogenated alkanes) is 2. The predicted molar refractivity (Wildman–Crippen MR) is 134 cm³/mol. The molecule has 0 aliphatic carbocycles. The van der Waals surface area contributed by atoms with Gasteiger partial charge in [-0.05, 0) is 49.1 Å². The summed E-state index contributed by atoms with van der Waals surface area (Å²) in [6.45, 7) is 2.97. The Bertz CT molecular complexity index is 1070. The topological polar surface area (TPSA) is 76.1 Å². The van der Waals surface area contributed by atoms with Crippen LogP contribution < -0.4 is 9.47 Å². The van der Waals surface area contributed by atoms with Crippen molar-refractivity contribution in [1.29, 1.82) is 0 Å². The molecule has 6 nitrogen and oxygen atoms in total. The van der Waals surface area contributed by atoms with E-state index in [0.717, 1.165) is 17.5 Å². The minimum absolute atomic E-state index is 0.123. The largest absolute Gasteiger partial charge is 0.493 e. The summed E-state index contributed by atoms with van der Waals surface area (Å²) in [5.74, 6) is 0.294. The summed E-state index contributed by atoms with van der Waals surface area (Å²) < 4.78 is 12.0. The molecule has 1 fully saturated rings. The molecule has 0 unspecified atom stereocenters. The third-order valence-corrected chi connectivity index (χ3v) is 6.49. The van der Waals surface area contributed by atoms with Gasteiger partial charge in [-0.2, -0.15) is 0 Å². The van der Waals surface area contributed by atoms with E-state index in [1.165, 1.54) is 17.3 Å². The number of carboxylic acids is 1. The molecule has 1 saturated heterocycles. The first-order valence-electron chi connectivity index (χ1n) is 10.7. The number of ether oxygens (including phenoxy) is 2. The molecule has 1 amide bonds. The number of carboxylic acid groups (broad SMARTS) is 1. The van der Waals surface area contributed by atoms with Gasteiger partial charge in [0.1, 0.15) is 10.9 Å². The number of rotatable bonds is 11. The second-order valence-corrected chi connectivity index (χ2v) is 9.40. The van der Waals surface area contributed by atoms with Gasteiger partial charge in [0.25, 0.3) is 5.91 Å². The zero-order chi connectivity index (χ0) is 23.8. The van der Waals surface area contributed by atoms with E-state index < -0.39 is 5.97 Å². The Hall–Kier alpha value is -2.84. The number of thioether (sulfide) groups is 1. The third kappa shape index (κ3) is 7.07. The maximum Gasteiger partial charge on any atom is 0.303 e. The van der Waals surface area contributed by atoms with E-state index in [-0.39, 0.29) is 12.3 Å². The summed E-state index contributed by atoms with van der Waals surface area (Å²) in [6, 6.07) is 13.7. The second kappa shape index (κ2) is 11.9. The first-order valence-corrected chi connectivity index (χ1v) is 11.9. The zero-order valence-electron chi connectivity index (χ0n) is 18.7. The molecule has 1 heterocycles. The summed E-state index contributed by atoms with van der Waals surface area (Å²) >= 11 is 6.65. The van der Waals surface area contributed by atoms with E-state index in [4.69, 9.17) is 26.8 Å². The van der Waals surface area contributed by atoms with Gasteiger partial charge in [0.05, 0.1) is 12.0 Å². The smallest absolute Gasteiger partial charge is 0.303 e. The molecular formula is C25H27NO5S2. The van der Waals surface area contributed by atoms with Gasteiger partial charge in [-0.25, -0.2) is 0 Å². The quantitative estimate of drug-likeness (QED) is 0.258. The number of thiocarbonyl (C=S) groups is 1. The highest BCUT2D eigenvalue weighted by Gasteiger charge is 2.31. The first kappa shape index (κ1) is 24.8. The molecule has 0 radical (unpaired) electrons. The number of aliphatic carboxylic acids is 1. The van der Waals surface area contributed by atoms with E-state index in [1.807, 2.05) is 43.3 Å². The molecule has 0 saturated carbocycles. The zero-order valence-corrected chi connectivity index (χ0v) is 20.3. The highest BCUT2D eigenvalue weighted by Crippen LogP contribution is 2.35. The van der Waals surface area contributed by atoms with Crippen molar-refractivity contribution < 1.29 is 24.2 Å². The van der Waals surface area contributed by atoms with E-state index in [0.29, 0.717) is 46.7 Å². The number of carbonyl (C=O) groups is 2. The predicted octanol–water partition coefficient (Wildman–Crippen LogP) is 5.43. The van der Waals surface area contributed by atoms with Crippen LogP contribution in [-0.2, 0) is 16.2 Å². The number of amides is 1. The van der Waals surface area contributed by atoms with Crippen molar-refractivity contribution in [2.45, 2.75) is 39.2 Å². The van der Waals surface area contributed by atoms with Crippen LogP contribution >= 0.6 is 24.0 Å². The third-order valence-electron chi connectivity index (χ3n) is 5.11. The fraction of sp³-hybridized carbons (Fsp3) is 0.320. The molecule has 2 aromatic rings. The van der Waals surface area contributed by atoms with Crippen LogP contribution in [0.5, 0.6) is 11.5 Å². The summed E-state index contributed by atoms with van der Waals surface area (Å²) in [5.41, 5.74) is 3.07. The van der Waals surface area contributed by atoms with Gasteiger partial charge in [-0.1, -0.05) is 66.3 Å². The fourth-order valence-electron chi connectivity index (χ4n) is 3.42. The normalized spacial score (nSPS) is 14.7. The lowest BCUT2D eigenvalue weighted by Gasteiger charge is -2.14. The van der Waals surface area contributed by atoms with Crippen LogP contribution in [0.25, 0.3) is 6.08 Å². The Labute approximate surface area is 203 Å². The summed E-state index contributed by atoms with van der Waals surface area (Å²) in [4.78, 5) is 25.5. The Kier molecular flexibility index (Phi) is 8.91. The molecule has 8 heteroatoms. The van der Waals surface area contributed by atoms with E-state index >= 15 is 0 Å². The van der Waals surface area contributed by atoms with Gasteiger partial charge in [-0.3, -0.25) is 14.5 Å². The maximum atomic E-state index is 12.8. The molecule has 0 atom stereocenters. The monoisotopic (exact) mass is 485 g/mol. The first-order chi connectivity index (χ1) is 15.9. The van der Waals surface area contributed by atoms with Crippen LogP contribution in [0.2, 0.25) is 0 Å². The minimum atomic E-state index is -0.800. The van der Waals surface area contributed by atoms with Crippen LogP contribution in [-0.4, -0.2) is 39.9 Å². The van der Waals surface area contributed by atoms with Gasteiger partial charge in [0.2, 0.25) is 0 Å². The summed E-state index contributed by atoms with van der Waals surface area (Å²) in [5, 5.41) is 8.72. The lowest BCUT2D eigenvalue weighted by Crippen LogP contribution is -2.29. The molecule has 1 N–H and O–H groups in total. The second-order valence-electron chi connectivity index (χ2n) is 7.73. The van der Waals surface area contributed by atoms with E-state index in [9.17, 15) is 9.59 Å². The number of aryl methyl sites for hydroxylation is 1. The molecule has 0 bridgehead atoms. The van der Waals surface area contributed by atoms with Crippen LogP contribution in [0.4, 0.5) is 0 Å². The fourth-order valence-corrected chi connectivity index (χ4v) is 4.73. The van der Waals surface area contributed by atoms with Gasteiger partial charge < -0.3 is 14.6 Å². The molecule has 0 aromatic heterocycles.